The van der Waals surface area contributed by atoms with Crippen molar-refractivity contribution in [3.8, 4) is 0 Å². The van der Waals surface area contributed by atoms with Crippen molar-refractivity contribution in [2.24, 2.45) is 0 Å². The van der Waals surface area contributed by atoms with Gasteiger partial charge < -0.3 is 0 Å². The fourth-order valence-electron chi connectivity index (χ4n) is 0.781. The lowest BCUT2D eigenvalue weighted by atomic mass is 10.1. The van der Waals surface area contributed by atoms with E-state index in [1.54, 1.807) is 6.20 Å². The number of hydrogen-bond acceptors (Lipinski definition) is 2. The van der Waals surface area contributed by atoms with Gasteiger partial charge in [-0.05, 0) is 17.5 Å². The number of halogens is 1. The van der Waals surface area contributed by atoms with Gasteiger partial charge in [0.05, 0.1) is 11.9 Å². The van der Waals surface area contributed by atoms with Gasteiger partial charge in [-0.25, -0.2) is 0 Å². The molecular weight excluding hydrogens is 160 g/mol. The second-order valence-electron chi connectivity index (χ2n) is 2.78. The van der Waals surface area contributed by atoms with Gasteiger partial charge in [-0.15, -0.1) is 11.6 Å². The van der Waals surface area contributed by atoms with Crippen molar-refractivity contribution in [3.05, 3.63) is 23.5 Å². The molecule has 0 saturated carbocycles. The van der Waals surface area contributed by atoms with Gasteiger partial charge in [-0.1, -0.05) is 13.8 Å². The van der Waals surface area contributed by atoms with Gasteiger partial charge in [0, 0.05) is 5.88 Å². The van der Waals surface area contributed by atoms with E-state index in [0.29, 0.717) is 11.8 Å². The zero-order valence-electron chi connectivity index (χ0n) is 6.71. The van der Waals surface area contributed by atoms with E-state index in [0.717, 1.165) is 11.3 Å². The van der Waals surface area contributed by atoms with Gasteiger partial charge in [-0.2, -0.15) is 10.2 Å². The van der Waals surface area contributed by atoms with Gasteiger partial charge in [0.2, 0.25) is 0 Å². The molecule has 0 aromatic carbocycles. The SMILES string of the molecule is CC(C)c1cc(CCl)cnn1. The van der Waals surface area contributed by atoms with Crippen molar-refractivity contribution in [3.63, 3.8) is 0 Å². The second kappa shape index (κ2) is 3.67. The molecule has 1 aromatic rings. The van der Waals surface area contributed by atoms with Crippen LogP contribution in [0, 0.1) is 0 Å². The Labute approximate surface area is 71.6 Å². The predicted octanol–water partition coefficient (Wildman–Crippen LogP) is 2.34. The van der Waals surface area contributed by atoms with Crippen molar-refractivity contribution >= 4 is 11.6 Å². The van der Waals surface area contributed by atoms with E-state index < -0.39 is 0 Å². The van der Waals surface area contributed by atoms with Crippen LogP contribution < -0.4 is 0 Å². The van der Waals surface area contributed by atoms with Crippen LogP contribution in [-0.2, 0) is 5.88 Å². The smallest absolute Gasteiger partial charge is 0.0659 e. The summed E-state index contributed by atoms with van der Waals surface area (Å²) in [6.45, 7) is 4.17. The monoisotopic (exact) mass is 170 g/mol. The zero-order valence-corrected chi connectivity index (χ0v) is 7.47. The maximum absolute atomic E-state index is 5.64. The predicted molar refractivity (Wildman–Crippen MR) is 45.7 cm³/mol. The Kier molecular flexibility index (Phi) is 2.83. The summed E-state index contributed by atoms with van der Waals surface area (Å²) in [5.74, 6) is 0.931. The van der Waals surface area contributed by atoms with Crippen molar-refractivity contribution in [2.45, 2.75) is 25.6 Å². The van der Waals surface area contributed by atoms with Crippen molar-refractivity contribution in [1.29, 1.82) is 0 Å². The number of rotatable bonds is 2. The topological polar surface area (TPSA) is 25.8 Å². The first-order chi connectivity index (χ1) is 5.24. The van der Waals surface area contributed by atoms with Crippen molar-refractivity contribution < 1.29 is 0 Å². The molecule has 60 valence electrons. The molecule has 0 N–H and O–H groups in total. The Morgan fingerprint density at radius 2 is 2.27 bits per heavy atom. The van der Waals surface area contributed by atoms with Crippen LogP contribution >= 0.6 is 11.6 Å². The highest BCUT2D eigenvalue weighted by Gasteiger charge is 2.01. The molecule has 1 heterocycles. The summed E-state index contributed by atoms with van der Waals surface area (Å²) in [7, 11) is 0. The van der Waals surface area contributed by atoms with E-state index in [4.69, 9.17) is 11.6 Å². The number of hydrogen-bond donors (Lipinski definition) is 0. The molecule has 0 aliphatic heterocycles. The van der Waals surface area contributed by atoms with Crippen LogP contribution in [0.5, 0.6) is 0 Å². The highest BCUT2D eigenvalue weighted by molar-refractivity contribution is 6.17. The first-order valence-corrected chi connectivity index (χ1v) is 4.15. The highest BCUT2D eigenvalue weighted by atomic mass is 35.5. The van der Waals surface area contributed by atoms with Gasteiger partial charge in [0.1, 0.15) is 0 Å². The molecule has 0 spiro atoms. The van der Waals surface area contributed by atoms with E-state index >= 15 is 0 Å². The maximum Gasteiger partial charge on any atom is 0.0659 e. The van der Waals surface area contributed by atoms with E-state index in [9.17, 15) is 0 Å². The third kappa shape index (κ3) is 2.15. The molecular formula is C8H11ClN2. The third-order valence-corrected chi connectivity index (χ3v) is 1.78. The fraction of sp³-hybridized carbons (Fsp3) is 0.500. The lowest BCUT2D eigenvalue weighted by Crippen LogP contribution is -1.96. The standard InChI is InChI=1S/C8H11ClN2/c1-6(2)8-3-7(4-9)5-10-11-8/h3,5-6H,4H2,1-2H3. The Morgan fingerprint density at radius 1 is 1.55 bits per heavy atom. The first-order valence-electron chi connectivity index (χ1n) is 3.61. The molecule has 2 nitrogen and oxygen atoms in total. The van der Waals surface area contributed by atoms with E-state index in [1.165, 1.54) is 0 Å². The van der Waals surface area contributed by atoms with Crippen LogP contribution in [0.2, 0.25) is 0 Å². The average molecular weight is 171 g/mol. The Bertz CT molecular complexity index is 235. The van der Waals surface area contributed by atoms with Gasteiger partial charge in [0.15, 0.2) is 0 Å². The molecule has 0 saturated heterocycles. The molecule has 11 heavy (non-hydrogen) atoms. The minimum absolute atomic E-state index is 0.422. The summed E-state index contributed by atoms with van der Waals surface area (Å²) in [5, 5.41) is 7.82. The molecule has 0 atom stereocenters. The number of nitrogens with zero attached hydrogens (tertiary/aromatic N) is 2. The molecule has 0 bridgehead atoms. The Morgan fingerprint density at radius 3 is 2.82 bits per heavy atom. The lowest BCUT2D eigenvalue weighted by molar-refractivity contribution is 0.780. The minimum atomic E-state index is 0.422. The highest BCUT2D eigenvalue weighted by Crippen LogP contribution is 2.12. The summed E-state index contributed by atoms with van der Waals surface area (Å²) in [6.07, 6.45) is 1.69. The molecule has 0 radical (unpaired) electrons. The third-order valence-electron chi connectivity index (χ3n) is 1.48. The van der Waals surface area contributed by atoms with Crippen LogP contribution in [0.3, 0.4) is 0 Å². The van der Waals surface area contributed by atoms with Crippen LogP contribution in [-0.4, -0.2) is 10.2 Å². The van der Waals surface area contributed by atoms with Crippen molar-refractivity contribution in [2.75, 3.05) is 0 Å². The van der Waals surface area contributed by atoms with Gasteiger partial charge >= 0.3 is 0 Å². The summed E-state index contributed by atoms with van der Waals surface area (Å²) in [5.41, 5.74) is 2.04. The van der Waals surface area contributed by atoms with Crippen LogP contribution in [0.4, 0.5) is 0 Å². The van der Waals surface area contributed by atoms with E-state index in [2.05, 4.69) is 24.0 Å². The minimum Gasteiger partial charge on any atom is -0.159 e. The fourth-order valence-corrected chi connectivity index (χ4v) is 0.927. The molecule has 1 aromatic heterocycles. The molecule has 1 rings (SSSR count). The largest absolute Gasteiger partial charge is 0.159 e. The van der Waals surface area contributed by atoms with Crippen LogP contribution in [0.25, 0.3) is 0 Å². The number of alkyl halides is 1. The molecule has 3 heteroatoms. The Balaban J connectivity index is 2.91. The first kappa shape index (κ1) is 8.47. The van der Waals surface area contributed by atoms with Gasteiger partial charge in [-0.3, -0.25) is 0 Å². The van der Waals surface area contributed by atoms with E-state index in [-0.39, 0.29) is 0 Å². The summed E-state index contributed by atoms with van der Waals surface area (Å²) >= 11 is 5.64. The van der Waals surface area contributed by atoms with Gasteiger partial charge in [0.25, 0.3) is 0 Å². The molecule has 0 aliphatic rings. The quantitative estimate of drug-likeness (QED) is 0.637. The normalized spacial score (nSPS) is 10.5. The lowest BCUT2D eigenvalue weighted by Gasteiger charge is -2.02. The summed E-state index contributed by atoms with van der Waals surface area (Å²) in [6, 6.07) is 1.99. The van der Waals surface area contributed by atoms with Crippen LogP contribution in [0.1, 0.15) is 31.0 Å². The molecule has 0 amide bonds. The second-order valence-corrected chi connectivity index (χ2v) is 3.04. The van der Waals surface area contributed by atoms with Crippen LogP contribution in [0.15, 0.2) is 12.3 Å². The molecule has 0 fully saturated rings. The molecule has 0 unspecified atom stereocenters. The summed E-state index contributed by atoms with van der Waals surface area (Å²) < 4.78 is 0. The van der Waals surface area contributed by atoms with E-state index in [1.807, 2.05) is 6.07 Å². The maximum atomic E-state index is 5.64. The number of aromatic nitrogens is 2. The Hall–Kier alpha value is -0.630. The summed E-state index contributed by atoms with van der Waals surface area (Å²) in [4.78, 5) is 0. The average Bonchev–Trinajstić information content (AvgIpc) is 2.05. The molecule has 0 aliphatic carbocycles. The van der Waals surface area contributed by atoms with Crippen molar-refractivity contribution in [1.82, 2.24) is 10.2 Å². The zero-order chi connectivity index (χ0) is 8.27.